The van der Waals surface area contributed by atoms with E-state index in [1.807, 2.05) is 6.07 Å². The second-order valence-electron chi connectivity index (χ2n) is 4.53. The molecule has 0 aliphatic heterocycles. The Morgan fingerprint density at radius 1 is 1.35 bits per heavy atom. The van der Waals surface area contributed by atoms with E-state index in [0.717, 1.165) is 29.4 Å². The van der Waals surface area contributed by atoms with Gasteiger partial charge in [0.1, 0.15) is 5.82 Å². The molecule has 0 spiro atoms. The molecule has 0 saturated heterocycles. The summed E-state index contributed by atoms with van der Waals surface area (Å²) in [4.78, 5) is 0. The van der Waals surface area contributed by atoms with Gasteiger partial charge in [-0.3, -0.25) is 0 Å². The van der Waals surface area contributed by atoms with E-state index in [4.69, 9.17) is 0 Å². The van der Waals surface area contributed by atoms with E-state index in [1.165, 1.54) is 6.07 Å². The van der Waals surface area contributed by atoms with Crippen LogP contribution in [-0.4, -0.2) is 6.54 Å². The van der Waals surface area contributed by atoms with Crippen LogP contribution in [0.2, 0.25) is 0 Å². The van der Waals surface area contributed by atoms with E-state index >= 15 is 0 Å². The molecule has 0 aliphatic rings. The van der Waals surface area contributed by atoms with Gasteiger partial charge in [-0.05, 0) is 37.1 Å². The number of hydrogen-bond acceptors (Lipinski definition) is 1. The Kier molecular flexibility index (Phi) is 6.14. The first-order valence-electron chi connectivity index (χ1n) is 6.26. The van der Waals surface area contributed by atoms with Crippen LogP contribution in [0, 0.1) is 11.7 Å². The van der Waals surface area contributed by atoms with Crippen molar-refractivity contribution in [1.29, 1.82) is 0 Å². The van der Waals surface area contributed by atoms with Gasteiger partial charge in [-0.2, -0.15) is 0 Å². The minimum atomic E-state index is -0.123. The van der Waals surface area contributed by atoms with Crippen molar-refractivity contribution in [2.24, 2.45) is 5.92 Å². The second-order valence-corrected chi connectivity index (χ2v) is 5.44. The minimum absolute atomic E-state index is 0.104. The first kappa shape index (κ1) is 14.7. The summed E-state index contributed by atoms with van der Waals surface area (Å²) in [5.41, 5.74) is 0.765. The second kappa shape index (κ2) is 7.12. The molecule has 17 heavy (non-hydrogen) atoms. The van der Waals surface area contributed by atoms with Crippen LogP contribution in [0.25, 0.3) is 0 Å². The zero-order valence-electron chi connectivity index (χ0n) is 10.8. The van der Waals surface area contributed by atoms with E-state index in [9.17, 15) is 4.39 Å². The molecular weight excluding hydrogens is 281 g/mol. The lowest BCUT2D eigenvalue weighted by molar-refractivity contribution is 0.397. The lowest BCUT2D eigenvalue weighted by atomic mass is 9.94. The highest BCUT2D eigenvalue weighted by Gasteiger charge is 2.17. The Hall–Kier alpha value is -0.410. The molecule has 0 amide bonds. The van der Waals surface area contributed by atoms with Gasteiger partial charge in [0.2, 0.25) is 0 Å². The third-order valence-corrected chi connectivity index (χ3v) is 3.61. The third-order valence-electron chi connectivity index (χ3n) is 3.12. The lowest BCUT2D eigenvalue weighted by Gasteiger charge is -2.22. The maximum Gasteiger partial charge on any atom is 0.128 e. The largest absolute Gasteiger partial charge is 0.310 e. The fourth-order valence-electron chi connectivity index (χ4n) is 1.92. The summed E-state index contributed by atoms with van der Waals surface area (Å²) in [5, 5.41) is 3.37. The van der Waals surface area contributed by atoms with Crippen molar-refractivity contribution in [2.45, 2.75) is 39.7 Å². The number of halogens is 2. The highest BCUT2D eigenvalue weighted by Crippen LogP contribution is 2.27. The smallest absolute Gasteiger partial charge is 0.128 e. The van der Waals surface area contributed by atoms with Crippen LogP contribution in [0.15, 0.2) is 22.7 Å². The molecule has 0 fully saturated rings. The van der Waals surface area contributed by atoms with E-state index < -0.39 is 0 Å². The molecule has 2 unspecified atom stereocenters. The van der Waals surface area contributed by atoms with Crippen LogP contribution in [0.5, 0.6) is 0 Å². The zero-order valence-corrected chi connectivity index (χ0v) is 12.3. The first-order valence-corrected chi connectivity index (χ1v) is 7.06. The predicted octanol–water partition coefficient (Wildman–Crippen LogP) is 4.68. The van der Waals surface area contributed by atoms with E-state index in [0.29, 0.717) is 5.92 Å². The Morgan fingerprint density at radius 2 is 2.06 bits per heavy atom. The number of benzene rings is 1. The first-order chi connectivity index (χ1) is 8.08. The van der Waals surface area contributed by atoms with E-state index in [-0.39, 0.29) is 11.9 Å². The Balaban J connectivity index is 2.91. The molecule has 0 heterocycles. The van der Waals surface area contributed by atoms with Crippen molar-refractivity contribution in [2.75, 3.05) is 6.54 Å². The van der Waals surface area contributed by atoms with Crippen molar-refractivity contribution in [3.05, 3.63) is 34.1 Å². The highest BCUT2D eigenvalue weighted by molar-refractivity contribution is 9.10. The molecule has 0 bridgehead atoms. The number of nitrogens with one attached hydrogen (secondary N) is 1. The molecule has 1 aromatic carbocycles. The quantitative estimate of drug-likeness (QED) is 0.805. The van der Waals surface area contributed by atoms with Crippen LogP contribution < -0.4 is 5.32 Å². The molecule has 0 aliphatic carbocycles. The van der Waals surface area contributed by atoms with Gasteiger partial charge in [0.25, 0.3) is 0 Å². The summed E-state index contributed by atoms with van der Waals surface area (Å²) in [5.74, 6) is 0.472. The number of rotatable bonds is 6. The maximum absolute atomic E-state index is 13.8. The van der Waals surface area contributed by atoms with Crippen LogP contribution >= 0.6 is 15.9 Å². The molecule has 3 heteroatoms. The van der Waals surface area contributed by atoms with Gasteiger partial charge in [-0.25, -0.2) is 4.39 Å². The lowest BCUT2D eigenvalue weighted by Crippen LogP contribution is -2.23. The van der Waals surface area contributed by atoms with Gasteiger partial charge >= 0.3 is 0 Å². The van der Waals surface area contributed by atoms with Gasteiger partial charge < -0.3 is 5.32 Å². The van der Waals surface area contributed by atoms with Crippen molar-refractivity contribution in [3.8, 4) is 0 Å². The molecule has 1 aromatic rings. The Labute approximate surface area is 112 Å². The van der Waals surface area contributed by atoms with Crippen LogP contribution in [0.3, 0.4) is 0 Å². The minimum Gasteiger partial charge on any atom is -0.310 e. The van der Waals surface area contributed by atoms with Gasteiger partial charge in [0.05, 0.1) is 0 Å². The molecule has 0 aromatic heterocycles. The summed E-state index contributed by atoms with van der Waals surface area (Å²) in [6, 6.07) is 5.25. The number of hydrogen-bond donors (Lipinski definition) is 1. The predicted molar refractivity (Wildman–Crippen MR) is 74.6 cm³/mol. The van der Waals surface area contributed by atoms with Crippen molar-refractivity contribution >= 4 is 15.9 Å². The summed E-state index contributed by atoms with van der Waals surface area (Å²) >= 11 is 3.40. The van der Waals surface area contributed by atoms with E-state index in [2.05, 4.69) is 42.0 Å². The zero-order chi connectivity index (χ0) is 12.8. The highest BCUT2D eigenvalue weighted by atomic mass is 79.9. The molecule has 2 atom stereocenters. The van der Waals surface area contributed by atoms with Crippen molar-refractivity contribution in [3.63, 3.8) is 0 Å². The molecule has 1 rings (SSSR count). The van der Waals surface area contributed by atoms with Gasteiger partial charge in [0.15, 0.2) is 0 Å². The summed E-state index contributed by atoms with van der Waals surface area (Å²) in [7, 11) is 0. The van der Waals surface area contributed by atoms with E-state index in [1.54, 1.807) is 6.07 Å². The van der Waals surface area contributed by atoms with Gasteiger partial charge in [-0.15, -0.1) is 0 Å². The fraction of sp³-hybridized carbons (Fsp3) is 0.571. The van der Waals surface area contributed by atoms with Gasteiger partial charge in [-0.1, -0.05) is 43.1 Å². The van der Waals surface area contributed by atoms with Crippen LogP contribution in [-0.2, 0) is 0 Å². The Morgan fingerprint density at radius 3 is 2.65 bits per heavy atom. The summed E-state index contributed by atoms with van der Waals surface area (Å²) in [6.07, 6.45) is 2.09. The topological polar surface area (TPSA) is 12.0 Å². The maximum atomic E-state index is 13.8. The van der Waals surface area contributed by atoms with Crippen LogP contribution in [0.1, 0.15) is 45.2 Å². The third kappa shape index (κ3) is 4.40. The molecule has 96 valence electrons. The average molecular weight is 302 g/mol. The van der Waals surface area contributed by atoms with Gasteiger partial charge in [0, 0.05) is 16.1 Å². The fourth-order valence-corrected chi connectivity index (χ4v) is 2.30. The SMILES string of the molecule is CCNC(CC(C)CC)c1cc(Br)ccc1F. The summed E-state index contributed by atoms with van der Waals surface area (Å²) in [6.45, 7) is 7.29. The Bertz CT molecular complexity index is 354. The van der Waals surface area contributed by atoms with Crippen molar-refractivity contribution in [1.82, 2.24) is 5.32 Å². The normalized spacial score (nSPS) is 14.6. The van der Waals surface area contributed by atoms with Crippen LogP contribution in [0.4, 0.5) is 4.39 Å². The van der Waals surface area contributed by atoms with Crippen molar-refractivity contribution < 1.29 is 4.39 Å². The average Bonchev–Trinajstić information content (AvgIpc) is 2.31. The monoisotopic (exact) mass is 301 g/mol. The standard InChI is InChI=1S/C14H21BrFN/c1-4-10(3)8-14(17-5-2)12-9-11(15)6-7-13(12)16/h6-7,9-10,14,17H,4-5,8H2,1-3H3. The molecular formula is C14H21BrFN. The molecule has 1 nitrogen and oxygen atoms in total. The molecule has 1 N–H and O–H groups in total. The summed E-state index contributed by atoms with van der Waals surface area (Å²) < 4.78 is 14.8. The molecule has 0 radical (unpaired) electrons. The molecule has 0 saturated carbocycles.